The first-order valence-corrected chi connectivity index (χ1v) is 6.12. The van der Waals surface area contributed by atoms with Gasteiger partial charge in [0.05, 0.1) is 30.5 Å². The minimum atomic E-state index is -0.555. The van der Waals surface area contributed by atoms with Crippen LogP contribution in [0.2, 0.25) is 0 Å². The normalized spacial score (nSPS) is 11.8. The molecule has 0 saturated carbocycles. The van der Waals surface area contributed by atoms with Crippen LogP contribution in [-0.2, 0) is 4.79 Å². The summed E-state index contributed by atoms with van der Waals surface area (Å²) in [4.78, 5) is 11.9. The standard InChI is InChI=1S/C14H19N3O2/c1-9(2)6-11(16)14(18)17-12-5-4-10(8-15)7-13(12)19-3/h4-5,7,9,11H,6,16H2,1-3H3,(H,17,18)/t11-/m0/s1. The fraction of sp³-hybridized carbons (Fsp3) is 0.429. The molecule has 0 saturated heterocycles. The molecule has 0 aliphatic carbocycles. The summed E-state index contributed by atoms with van der Waals surface area (Å²) < 4.78 is 5.14. The molecular weight excluding hydrogens is 242 g/mol. The van der Waals surface area contributed by atoms with Gasteiger partial charge in [0.15, 0.2) is 0 Å². The van der Waals surface area contributed by atoms with E-state index in [1.54, 1.807) is 18.2 Å². The van der Waals surface area contributed by atoms with E-state index in [0.29, 0.717) is 29.3 Å². The van der Waals surface area contributed by atoms with Crippen LogP contribution in [0.3, 0.4) is 0 Å². The lowest BCUT2D eigenvalue weighted by Gasteiger charge is -2.15. The van der Waals surface area contributed by atoms with Crippen molar-refractivity contribution in [1.29, 1.82) is 5.26 Å². The smallest absolute Gasteiger partial charge is 0.241 e. The molecule has 0 heterocycles. The van der Waals surface area contributed by atoms with Crippen molar-refractivity contribution >= 4 is 11.6 Å². The largest absolute Gasteiger partial charge is 0.495 e. The number of hydrogen-bond donors (Lipinski definition) is 2. The number of nitrogens with two attached hydrogens (primary N) is 1. The van der Waals surface area contributed by atoms with Crippen molar-refractivity contribution in [1.82, 2.24) is 0 Å². The van der Waals surface area contributed by atoms with Crippen molar-refractivity contribution in [2.75, 3.05) is 12.4 Å². The van der Waals surface area contributed by atoms with Crippen LogP contribution < -0.4 is 15.8 Å². The number of rotatable bonds is 5. The van der Waals surface area contributed by atoms with E-state index in [1.165, 1.54) is 7.11 Å². The van der Waals surface area contributed by atoms with Gasteiger partial charge in [-0.3, -0.25) is 4.79 Å². The van der Waals surface area contributed by atoms with Gasteiger partial charge in [-0.2, -0.15) is 5.26 Å². The first-order valence-electron chi connectivity index (χ1n) is 6.12. The van der Waals surface area contributed by atoms with Gasteiger partial charge in [-0.15, -0.1) is 0 Å². The summed E-state index contributed by atoms with van der Waals surface area (Å²) in [5.74, 6) is 0.546. The third-order valence-corrected chi connectivity index (χ3v) is 2.65. The molecule has 3 N–H and O–H groups in total. The van der Waals surface area contributed by atoms with Crippen LogP contribution in [0.25, 0.3) is 0 Å². The minimum Gasteiger partial charge on any atom is -0.495 e. The van der Waals surface area contributed by atoms with Gasteiger partial charge in [-0.05, 0) is 24.5 Å². The molecule has 1 amide bonds. The number of hydrogen-bond acceptors (Lipinski definition) is 4. The van der Waals surface area contributed by atoms with E-state index in [4.69, 9.17) is 15.7 Å². The van der Waals surface area contributed by atoms with E-state index in [2.05, 4.69) is 5.32 Å². The molecule has 0 unspecified atom stereocenters. The lowest BCUT2D eigenvalue weighted by molar-refractivity contribution is -0.117. The summed E-state index contributed by atoms with van der Waals surface area (Å²) in [7, 11) is 1.49. The van der Waals surface area contributed by atoms with Gasteiger partial charge in [-0.1, -0.05) is 13.8 Å². The number of anilines is 1. The molecule has 1 atom stereocenters. The Hall–Kier alpha value is -2.06. The maximum atomic E-state index is 11.9. The molecule has 102 valence electrons. The quantitative estimate of drug-likeness (QED) is 0.847. The number of benzene rings is 1. The van der Waals surface area contributed by atoms with Gasteiger partial charge in [0.1, 0.15) is 5.75 Å². The Morgan fingerprint density at radius 1 is 1.53 bits per heavy atom. The van der Waals surface area contributed by atoms with Crippen molar-refractivity contribution in [2.45, 2.75) is 26.3 Å². The van der Waals surface area contributed by atoms with Gasteiger partial charge < -0.3 is 15.8 Å². The molecule has 19 heavy (non-hydrogen) atoms. The monoisotopic (exact) mass is 261 g/mol. The number of carbonyl (C=O) groups excluding carboxylic acids is 1. The highest BCUT2D eigenvalue weighted by atomic mass is 16.5. The van der Waals surface area contributed by atoms with Gasteiger partial charge in [0, 0.05) is 6.07 Å². The highest BCUT2D eigenvalue weighted by Crippen LogP contribution is 2.25. The first-order chi connectivity index (χ1) is 8.97. The number of nitriles is 1. The molecule has 5 nitrogen and oxygen atoms in total. The Morgan fingerprint density at radius 2 is 2.21 bits per heavy atom. The summed E-state index contributed by atoms with van der Waals surface area (Å²) in [6, 6.07) is 6.28. The Labute approximate surface area is 113 Å². The second kappa shape index (κ2) is 6.76. The predicted molar refractivity (Wildman–Crippen MR) is 73.8 cm³/mol. The minimum absolute atomic E-state index is 0.253. The summed E-state index contributed by atoms with van der Waals surface area (Å²) in [5, 5.41) is 11.5. The SMILES string of the molecule is COc1cc(C#N)ccc1NC(=O)[C@@H](N)CC(C)C. The van der Waals surface area contributed by atoms with Crippen molar-refractivity contribution in [3.63, 3.8) is 0 Å². The molecule has 0 aliphatic rings. The molecule has 1 aromatic rings. The van der Waals surface area contributed by atoms with Crippen molar-refractivity contribution in [3.05, 3.63) is 23.8 Å². The fourth-order valence-corrected chi connectivity index (χ4v) is 1.70. The summed E-state index contributed by atoms with van der Waals surface area (Å²) in [6.07, 6.45) is 0.616. The second-order valence-corrected chi connectivity index (χ2v) is 4.75. The zero-order valence-corrected chi connectivity index (χ0v) is 11.4. The van der Waals surface area contributed by atoms with Crippen molar-refractivity contribution in [2.24, 2.45) is 11.7 Å². The number of nitrogens with zero attached hydrogens (tertiary/aromatic N) is 1. The van der Waals surface area contributed by atoms with Crippen LogP contribution in [0.5, 0.6) is 5.75 Å². The Morgan fingerprint density at radius 3 is 2.74 bits per heavy atom. The van der Waals surface area contributed by atoms with Crippen molar-refractivity contribution in [3.8, 4) is 11.8 Å². The average molecular weight is 261 g/mol. The lowest BCUT2D eigenvalue weighted by Crippen LogP contribution is -2.36. The molecule has 0 aromatic heterocycles. The van der Waals surface area contributed by atoms with E-state index >= 15 is 0 Å². The van der Waals surface area contributed by atoms with Gasteiger partial charge >= 0.3 is 0 Å². The van der Waals surface area contributed by atoms with E-state index in [-0.39, 0.29) is 5.91 Å². The van der Waals surface area contributed by atoms with Crippen LogP contribution in [0.1, 0.15) is 25.8 Å². The number of methoxy groups -OCH3 is 1. The first kappa shape index (κ1) is 15.0. The molecule has 0 radical (unpaired) electrons. The number of carbonyl (C=O) groups is 1. The van der Waals surface area contributed by atoms with E-state index in [1.807, 2.05) is 19.9 Å². The molecule has 0 spiro atoms. The van der Waals surface area contributed by atoms with Crippen molar-refractivity contribution < 1.29 is 9.53 Å². The Balaban J connectivity index is 2.82. The molecule has 0 bridgehead atoms. The van der Waals surface area contributed by atoms with Crippen LogP contribution >= 0.6 is 0 Å². The summed E-state index contributed by atoms with van der Waals surface area (Å²) >= 11 is 0. The number of ether oxygens (including phenoxy) is 1. The van der Waals surface area contributed by atoms with E-state index in [9.17, 15) is 4.79 Å². The molecule has 0 fully saturated rings. The van der Waals surface area contributed by atoms with Crippen LogP contribution in [-0.4, -0.2) is 19.1 Å². The summed E-state index contributed by atoms with van der Waals surface area (Å²) in [6.45, 7) is 4.02. The topological polar surface area (TPSA) is 88.1 Å². The number of nitrogens with one attached hydrogen (secondary N) is 1. The molecule has 5 heteroatoms. The van der Waals surface area contributed by atoms with Gasteiger partial charge in [0.25, 0.3) is 0 Å². The van der Waals surface area contributed by atoms with Crippen LogP contribution in [0.4, 0.5) is 5.69 Å². The van der Waals surface area contributed by atoms with E-state index < -0.39 is 6.04 Å². The zero-order valence-electron chi connectivity index (χ0n) is 11.4. The van der Waals surface area contributed by atoms with Gasteiger partial charge in [-0.25, -0.2) is 0 Å². The maximum Gasteiger partial charge on any atom is 0.241 e. The zero-order chi connectivity index (χ0) is 14.4. The predicted octanol–water partition coefficient (Wildman–Crippen LogP) is 1.88. The molecular formula is C14H19N3O2. The third-order valence-electron chi connectivity index (χ3n) is 2.65. The highest BCUT2D eigenvalue weighted by molar-refractivity contribution is 5.96. The fourth-order valence-electron chi connectivity index (χ4n) is 1.70. The Kier molecular flexibility index (Phi) is 5.34. The van der Waals surface area contributed by atoms with Crippen LogP contribution in [0, 0.1) is 17.2 Å². The van der Waals surface area contributed by atoms with Crippen LogP contribution in [0.15, 0.2) is 18.2 Å². The van der Waals surface area contributed by atoms with E-state index in [0.717, 1.165) is 0 Å². The second-order valence-electron chi connectivity index (χ2n) is 4.75. The third kappa shape index (κ3) is 4.27. The Bertz CT molecular complexity index is 492. The average Bonchev–Trinajstić information content (AvgIpc) is 2.38. The lowest BCUT2D eigenvalue weighted by atomic mass is 10.0. The number of amides is 1. The summed E-state index contributed by atoms with van der Waals surface area (Å²) in [5.41, 5.74) is 6.80. The highest BCUT2D eigenvalue weighted by Gasteiger charge is 2.16. The molecule has 1 rings (SSSR count). The molecule has 0 aliphatic heterocycles. The van der Waals surface area contributed by atoms with Gasteiger partial charge in [0.2, 0.25) is 5.91 Å². The maximum absolute atomic E-state index is 11.9. The molecule has 1 aromatic carbocycles.